The Kier molecular flexibility index (Phi) is 5.71. The summed E-state index contributed by atoms with van der Waals surface area (Å²) in [4.78, 5) is 10.7. The minimum Gasteiger partial charge on any atom is -0.503 e. The molecule has 5 heteroatoms. The van der Waals surface area contributed by atoms with Crippen molar-refractivity contribution in [2.75, 3.05) is 6.61 Å². The number of nitrogens with two attached hydrogens (primary N) is 1. The predicted octanol–water partition coefficient (Wildman–Crippen LogP) is 2.93. The normalized spacial score (nSPS) is 11.9. The average molecular weight is 314 g/mol. The van der Waals surface area contributed by atoms with Crippen LogP contribution in [0.25, 0.3) is 0 Å². The van der Waals surface area contributed by atoms with E-state index in [4.69, 9.17) is 10.5 Å². The van der Waals surface area contributed by atoms with Gasteiger partial charge in [-0.25, -0.2) is 0 Å². The molecule has 1 aromatic carbocycles. The van der Waals surface area contributed by atoms with E-state index in [1.54, 1.807) is 6.92 Å². The van der Waals surface area contributed by atoms with Crippen LogP contribution >= 0.6 is 15.9 Å². The van der Waals surface area contributed by atoms with Gasteiger partial charge in [0.1, 0.15) is 5.75 Å². The zero-order chi connectivity index (χ0) is 13.5. The van der Waals surface area contributed by atoms with Crippen molar-refractivity contribution < 1.29 is 14.6 Å². The van der Waals surface area contributed by atoms with Crippen molar-refractivity contribution >= 4 is 21.8 Å². The lowest BCUT2D eigenvalue weighted by Crippen LogP contribution is -2.15. The van der Waals surface area contributed by atoms with Crippen LogP contribution in [0.3, 0.4) is 0 Å². The van der Waals surface area contributed by atoms with Gasteiger partial charge in [-0.05, 0) is 49.6 Å². The molecule has 0 aromatic heterocycles. The summed E-state index contributed by atoms with van der Waals surface area (Å²) >= 11 is 3.34. The molecule has 0 saturated heterocycles. The number of benzene rings is 1. The molecule has 1 aromatic rings. The second-order valence-corrected chi connectivity index (χ2v) is 4.81. The van der Waals surface area contributed by atoms with Crippen LogP contribution in [0.1, 0.15) is 19.8 Å². The van der Waals surface area contributed by atoms with Crippen molar-refractivity contribution in [3.8, 4) is 5.75 Å². The molecule has 0 atom stereocenters. The van der Waals surface area contributed by atoms with E-state index in [1.807, 2.05) is 24.3 Å². The number of allylic oxidation sites excluding steroid dienone is 1. The molecular formula is C13H16BrNO3. The van der Waals surface area contributed by atoms with E-state index in [1.165, 1.54) is 0 Å². The lowest BCUT2D eigenvalue weighted by molar-refractivity contribution is -0.117. The lowest BCUT2D eigenvalue weighted by atomic mass is 10.1. The summed E-state index contributed by atoms with van der Waals surface area (Å²) in [5.74, 6) is -0.348. The molecule has 3 N–H and O–H groups in total. The number of halogens is 1. The van der Waals surface area contributed by atoms with E-state index in [0.29, 0.717) is 25.0 Å². The van der Waals surface area contributed by atoms with Crippen LogP contribution in [0.4, 0.5) is 0 Å². The zero-order valence-electron chi connectivity index (χ0n) is 10.1. The minimum absolute atomic E-state index is 0.348. The summed E-state index contributed by atoms with van der Waals surface area (Å²) in [6.45, 7) is 2.20. The molecule has 98 valence electrons. The van der Waals surface area contributed by atoms with Crippen molar-refractivity contribution in [2.45, 2.75) is 19.8 Å². The third-order valence-electron chi connectivity index (χ3n) is 2.42. The van der Waals surface area contributed by atoms with Crippen molar-refractivity contribution in [1.82, 2.24) is 0 Å². The van der Waals surface area contributed by atoms with E-state index in [9.17, 15) is 9.90 Å². The third-order valence-corrected chi connectivity index (χ3v) is 2.94. The Bertz CT molecular complexity index is 440. The number of primary amides is 1. The maximum Gasteiger partial charge on any atom is 0.283 e. The van der Waals surface area contributed by atoms with Crippen molar-refractivity contribution in [2.24, 2.45) is 5.73 Å². The van der Waals surface area contributed by atoms with Gasteiger partial charge < -0.3 is 15.6 Å². The van der Waals surface area contributed by atoms with Gasteiger partial charge in [0.25, 0.3) is 5.91 Å². The van der Waals surface area contributed by atoms with E-state index >= 15 is 0 Å². The van der Waals surface area contributed by atoms with E-state index in [0.717, 1.165) is 10.2 Å². The molecule has 0 unspecified atom stereocenters. The highest BCUT2D eigenvalue weighted by Crippen LogP contribution is 2.17. The maximum absolute atomic E-state index is 10.7. The SMILES string of the molecule is CC(CCCOc1ccc(Br)cc1)=C(O)C(N)=O. The molecule has 1 amide bonds. The first-order valence-corrected chi connectivity index (χ1v) is 6.37. The minimum atomic E-state index is -0.790. The van der Waals surface area contributed by atoms with Gasteiger partial charge in [-0.3, -0.25) is 4.79 Å². The molecule has 0 saturated carbocycles. The van der Waals surface area contributed by atoms with E-state index in [2.05, 4.69) is 15.9 Å². The second-order valence-electron chi connectivity index (χ2n) is 3.90. The number of aliphatic hydroxyl groups is 1. The first kappa shape index (κ1) is 14.6. The molecule has 1 rings (SSSR count). The Hall–Kier alpha value is -1.49. The zero-order valence-corrected chi connectivity index (χ0v) is 11.7. The molecule has 18 heavy (non-hydrogen) atoms. The van der Waals surface area contributed by atoms with Crippen molar-refractivity contribution in [1.29, 1.82) is 0 Å². The highest BCUT2D eigenvalue weighted by atomic mass is 79.9. The smallest absolute Gasteiger partial charge is 0.283 e. The topological polar surface area (TPSA) is 72.6 Å². The fourth-order valence-corrected chi connectivity index (χ4v) is 1.65. The number of ether oxygens (including phenoxy) is 1. The Labute approximate surface area is 115 Å². The lowest BCUT2D eigenvalue weighted by Gasteiger charge is -2.07. The Morgan fingerprint density at radius 3 is 2.56 bits per heavy atom. The molecule has 0 bridgehead atoms. The summed E-state index contributed by atoms with van der Waals surface area (Å²) in [7, 11) is 0. The molecule has 0 spiro atoms. The molecule has 0 aliphatic rings. The van der Waals surface area contributed by atoms with Crippen LogP contribution in [-0.4, -0.2) is 17.6 Å². The summed E-state index contributed by atoms with van der Waals surface area (Å²) in [6.07, 6.45) is 1.28. The van der Waals surface area contributed by atoms with Crippen LogP contribution < -0.4 is 10.5 Å². The average Bonchev–Trinajstić information content (AvgIpc) is 2.35. The van der Waals surface area contributed by atoms with Crippen LogP contribution in [0, 0.1) is 0 Å². The van der Waals surface area contributed by atoms with Crippen LogP contribution in [0.2, 0.25) is 0 Å². The van der Waals surface area contributed by atoms with Crippen LogP contribution in [0.15, 0.2) is 40.1 Å². The molecule has 0 fully saturated rings. The molecule has 0 aliphatic heterocycles. The molecular weight excluding hydrogens is 298 g/mol. The molecule has 0 radical (unpaired) electrons. The van der Waals surface area contributed by atoms with Crippen molar-refractivity contribution in [3.05, 3.63) is 40.1 Å². The van der Waals surface area contributed by atoms with Crippen LogP contribution in [0.5, 0.6) is 5.75 Å². The van der Waals surface area contributed by atoms with Gasteiger partial charge >= 0.3 is 0 Å². The van der Waals surface area contributed by atoms with Crippen molar-refractivity contribution in [3.63, 3.8) is 0 Å². The quantitative estimate of drug-likeness (QED) is 0.482. The number of amides is 1. The molecule has 0 heterocycles. The van der Waals surface area contributed by atoms with Gasteiger partial charge in [0.15, 0.2) is 5.76 Å². The second kappa shape index (κ2) is 7.06. The Morgan fingerprint density at radius 1 is 1.39 bits per heavy atom. The standard InChI is InChI=1S/C13H16BrNO3/c1-9(12(16)13(15)17)3-2-8-18-11-6-4-10(14)5-7-11/h4-7,16H,2-3,8H2,1H3,(H2,15,17). The fraction of sp³-hybridized carbons (Fsp3) is 0.308. The Balaban J connectivity index is 2.33. The summed E-state index contributed by atoms with van der Waals surface area (Å²) in [6, 6.07) is 7.54. The summed E-state index contributed by atoms with van der Waals surface area (Å²) < 4.78 is 6.51. The summed E-state index contributed by atoms with van der Waals surface area (Å²) in [5, 5.41) is 9.30. The highest BCUT2D eigenvalue weighted by molar-refractivity contribution is 9.10. The fourth-order valence-electron chi connectivity index (χ4n) is 1.39. The van der Waals surface area contributed by atoms with Crippen LogP contribution in [-0.2, 0) is 4.79 Å². The number of aliphatic hydroxyl groups excluding tert-OH is 1. The number of rotatable bonds is 6. The Morgan fingerprint density at radius 2 is 2.00 bits per heavy atom. The van der Waals surface area contributed by atoms with Gasteiger partial charge in [0, 0.05) is 4.47 Å². The van der Waals surface area contributed by atoms with Gasteiger partial charge in [-0.2, -0.15) is 0 Å². The van der Waals surface area contributed by atoms with Gasteiger partial charge in [-0.1, -0.05) is 15.9 Å². The number of carbonyl (C=O) groups excluding carboxylic acids is 1. The van der Waals surface area contributed by atoms with Gasteiger partial charge in [0.2, 0.25) is 0 Å². The number of hydrogen-bond acceptors (Lipinski definition) is 3. The summed E-state index contributed by atoms with van der Waals surface area (Å²) in [5.41, 5.74) is 5.55. The first-order valence-electron chi connectivity index (χ1n) is 5.57. The predicted molar refractivity (Wildman–Crippen MR) is 73.4 cm³/mol. The van der Waals surface area contributed by atoms with E-state index < -0.39 is 5.91 Å². The molecule has 0 aliphatic carbocycles. The third kappa shape index (κ3) is 4.79. The van der Waals surface area contributed by atoms with Gasteiger partial charge in [-0.15, -0.1) is 0 Å². The first-order chi connectivity index (χ1) is 8.50. The number of hydrogen-bond donors (Lipinski definition) is 2. The largest absolute Gasteiger partial charge is 0.503 e. The highest BCUT2D eigenvalue weighted by Gasteiger charge is 2.06. The number of carbonyl (C=O) groups is 1. The maximum atomic E-state index is 10.7. The van der Waals surface area contributed by atoms with Gasteiger partial charge in [0.05, 0.1) is 6.61 Å². The van der Waals surface area contributed by atoms with E-state index in [-0.39, 0.29) is 5.76 Å². The monoisotopic (exact) mass is 313 g/mol. The molecule has 4 nitrogen and oxygen atoms in total.